The van der Waals surface area contributed by atoms with Gasteiger partial charge in [0.15, 0.2) is 5.43 Å². The summed E-state index contributed by atoms with van der Waals surface area (Å²) in [5.74, 6) is 0. The highest BCUT2D eigenvalue weighted by Crippen LogP contribution is 2.26. The van der Waals surface area contributed by atoms with E-state index in [0.717, 1.165) is 17.1 Å². The van der Waals surface area contributed by atoms with Crippen molar-refractivity contribution in [3.63, 3.8) is 0 Å². The quantitative estimate of drug-likeness (QED) is 0.771. The molecule has 0 aliphatic rings. The lowest BCUT2D eigenvalue weighted by Gasteiger charge is -2.15. The molecule has 0 aliphatic carbocycles. The van der Waals surface area contributed by atoms with E-state index in [0.29, 0.717) is 10.0 Å². The van der Waals surface area contributed by atoms with Gasteiger partial charge in [0, 0.05) is 28.5 Å². The molecule has 17 heavy (non-hydrogen) atoms. The van der Waals surface area contributed by atoms with Crippen LogP contribution in [0.1, 0.15) is 11.4 Å². The van der Waals surface area contributed by atoms with E-state index < -0.39 is 0 Å². The summed E-state index contributed by atoms with van der Waals surface area (Å²) in [5.41, 5.74) is 2.45. The minimum absolute atomic E-state index is 0.00518. The SMILES string of the molecule is Cc1cc(=O)cc(C)n1-c1cc(Cl)ccc1Cl. The Morgan fingerprint density at radius 1 is 1.00 bits per heavy atom. The number of rotatable bonds is 1. The fourth-order valence-electron chi connectivity index (χ4n) is 1.90. The standard InChI is InChI=1S/C13H11Cl2NO/c1-8-5-11(17)6-9(2)16(8)13-7-10(14)3-4-12(13)15/h3-7H,1-2H3. The number of hydrogen-bond acceptors (Lipinski definition) is 1. The monoisotopic (exact) mass is 267 g/mol. The van der Waals surface area contributed by atoms with Gasteiger partial charge >= 0.3 is 0 Å². The lowest BCUT2D eigenvalue weighted by Crippen LogP contribution is -2.11. The second-order valence-electron chi connectivity index (χ2n) is 3.90. The van der Waals surface area contributed by atoms with Crippen LogP contribution in [0.3, 0.4) is 0 Å². The Hall–Kier alpha value is -1.25. The van der Waals surface area contributed by atoms with Crippen LogP contribution in [0, 0.1) is 13.8 Å². The largest absolute Gasteiger partial charge is 0.317 e. The molecule has 1 aromatic heterocycles. The van der Waals surface area contributed by atoms with Gasteiger partial charge in [-0.15, -0.1) is 0 Å². The van der Waals surface area contributed by atoms with Crippen molar-refractivity contribution < 1.29 is 0 Å². The average Bonchev–Trinajstić information content (AvgIpc) is 2.21. The lowest BCUT2D eigenvalue weighted by atomic mass is 10.2. The van der Waals surface area contributed by atoms with Crippen molar-refractivity contribution in [1.82, 2.24) is 4.57 Å². The molecule has 2 aromatic rings. The van der Waals surface area contributed by atoms with E-state index in [2.05, 4.69) is 0 Å². The first-order valence-corrected chi connectivity index (χ1v) is 5.90. The summed E-state index contributed by atoms with van der Waals surface area (Å²) >= 11 is 12.1. The van der Waals surface area contributed by atoms with Gasteiger partial charge < -0.3 is 4.57 Å². The van der Waals surface area contributed by atoms with E-state index in [1.54, 1.807) is 30.3 Å². The van der Waals surface area contributed by atoms with Crippen molar-refractivity contribution in [3.8, 4) is 5.69 Å². The van der Waals surface area contributed by atoms with Crippen LogP contribution in [0.5, 0.6) is 0 Å². The summed E-state index contributed by atoms with van der Waals surface area (Å²) in [6.07, 6.45) is 0. The normalized spacial score (nSPS) is 10.6. The van der Waals surface area contributed by atoms with Gasteiger partial charge in [-0.3, -0.25) is 4.79 Å². The Kier molecular flexibility index (Phi) is 3.27. The lowest BCUT2D eigenvalue weighted by molar-refractivity contribution is 0.922. The molecule has 0 fully saturated rings. The van der Waals surface area contributed by atoms with Gasteiger partial charge in [-0.25, -0.2) is 0 Å². The van der Waals surface area contributed by atoms with Crippen molar-refractivity contribution in [3.05, 3.63) is 62.0 Å². The third kappa shape index (κ3) is 2.38. The number of hydrogen-bond donors (Lipinski definition) is 0. The third-order valence-corrected chi connectivity index (χ3v) is 3.11. The van der Waals surface area contributed by atoms with Gasteiger partial charge in [-0.05, 0) is 32.0 Å². The minimum Gasteiger partial charge on any atom is -0.317 e. The van der Waals surface area contributed by atoms with Crippen molar-refractivity contribution in [2.45, 2.75) is 13.8 Å². The highest BCUT2D eigenvalue weighted by Gasteiger charge is 2.08. The van der Waals surface area contributed by atoms with Gasteiger partial charge in [-0.1, -0.05) is 23.2 Å². The number of benzene rings is 1. The molecule has 0 aliphatic heterocycles. The Bertz CT molecular complexity index is 606. The first kappa shape index (κ1) is 12.2. The second kappa shape index (κ2) is 4.55. The Balaban J connectivity index is 2.77. The van der Waals surface area contributed by atoms with Crippen LogP contribution >= 0.6 is 23.2 Å². The number of aryl methyl sites for hydroxylation is 2. The Morgan fingerprint density at radius 3 is 2.18 bits per heavy atom. The number of pyridine rings is 1. The van der Waals surface area contributed by atoms with Gasteiger partial charge in [0.2, 0.25) is 0 Å². The van der Waals surface area contributed by atoms with E-state index in [9.17, 15) is 4.79 Å². The Labute approximate surface area is 109 Å². The van der Waals surface area contributed by atoms with E-state index in [-0.39, 0.29) is 5.43 Å². The van der Waals surface area contributed by atoms with Gasteiger partial charge in [0.05, 0.1) is 10.7 Å². The highest BCUT2D eigenvalue weighted by molar-refractivity contribution is 6.34. The molecule has 88 valence electrons. The van der Waals surface area contributed by atoms with Gasteiger partial charge in [0.25, 0.3) is 0 Å². The molecule has 0 N–H and O–H groups in total. The molecule has 0 atom stereocenters. The summed E-state index contributed by atoms with van der Waals surface area (Å²) in [7, 11) is 0. The van der Waals surface area contributed by atoms with E-state index in [1.807, 2.05) is 18.4 Å². The summed E-state index contributed by atoms with van der Waals surface area (Å²) in [4.78, 5) is 11.4. The van der Waals surface area contributed by atoms with Crippen LogP contribution in [-0.2, 0) is 0 Å². The highest BCUT2D eigenvalue weighted by atomic mass is 35.5. The third-order valence-electron chi connectivity index (χ3n) is 2.56. The van der Waals surface area contributed by atoms with Crippen LogP contribution in [0.25, 0.3) is 5.69 Å². The number of nitrogens with zero attached hydrogens (tertiary/aromatic N) is 1. The zero-order valence-corrected chi connectivity index (χ0v) is 11.0. The van der Waals surface area contributed by atoms with Crippen LogP contribution in [0.4, 0.5) is 0 Å². The molecule has 0 spiro atoms. The van der Waals surface area contributed by atoms with Crippen LogP contribution in [0.15, 0.2) is 35.1 Å². The first-order valence-electron chi connectivity index (χ1n) is 5.15. The molecule has 0 amide bonds. The molecule has 1 aromatic carbocycles. The van der Waals surface area contributed by atoms with Crippen molar-refractivity contribution >= 4 is 23.2 Å². The fourth-order valence-corrected chi connectivity index (χ4v) is 2.27. The van der Waals surface area contributed by atoms with Gasteiger partial charge in [0.1, 0.15) is 0 Å². The van der Waals surface area contributed by atoms with Gasteiger partial charge in [-0.2, -0.15) is 0 Å². The van der Waals surface area contributed by atoms with Crippen molar-refractivity contribution in [2.24, 2.45) is 0 Å². The molecule has 1 heterocycles. The van der Waals surface area contributed by atoms with Crippen LogP contribution in [-0.4, -0.2) is 4.57 Å². The summed E-state index contributed by atoms with van der Waals surface area (Å²) in [6.45, 7) is 3.73. The molecular weight excluding hydrogens is 257 g/mol. The van der Waals surface area contributed by atoms with Crippen molar-refractivity contribution in [1.29, 1.82) is 0 Å². The van der Waals surface area contributed by atoms with E-state index in [4.69, 9.17) is 23.2 Å². The smallest absolute Gasteiger partial charge is 0.182 e. The maximum atomic E-state index is 11.4. The molecule has 0 radical (unpaired) electrons. The minimum atomic E-state index is -0.00518. The number of aromatic nitrogens is 1. The maximum absolute atomic E-state index is 11.4. The number of halogens is 2. The molecular formula is C13H11Cl2NO. The molecule has 0 saturated heterocycles. The second-order valence-corrected chi connectivity index (χ2v) is 4.75. The first-order chi connectivity index (χ1) is 7.99. The molecule has 4 heteroatoms. The molecule has 2 nitrogen and oxygen atoms in total. The van der Waals surface area contributed by atoms with Crippen LogP contribution < -0.4 is 5.43 Å². The fraction of sp³-hybridized carbons (Fsp3) is 0.154. The zero-order valence-electron chi connectivity index (χ0n) is 9.50. The summed E-state index contributed by atoms with van der Waals surface area (Å²) < 4.78 is 1.91. The molecule has 0 saturated carbocycles. The molecule has 2 rings (SSSR count). The van der Waals surface area contributed by atoms with E-state index >= 15 is 0 Å². The topological polar surface area (TPSA) is 22.0 Å². The molecule has 0 unspecified atom stereocenters. The predicted molar refractivity (Wildman–Crippen MR) is 71.5 cm³/mol. The Morgan fingerprint density at radius 2 is 1.59 bits per heavy atom. The average molecular weight is 268 g/mol. The molecule has 0 bridgehead atoms. The predicted octanol–water partition coefficient (Wildman–Crippen LogP) is 3.76. The summed E-state index contributed by atoms with van der Waals surface area (Å²) in [5, 5.41) is 1.21. The zero-order chi connectivity index (χ0) is 12.6. The maximum Gasteiger partial charge on any atom is 0.182 e. The van der Waals surface area contributed by atoms with Crippen LogP contribution in [0.2, 0.25) is 10.0 Å². The summed E-state index contributed by atoms with van der Waals surface area (Å²) in [6, 6.07) is 8.42. The van der Waals surface area contributed by atoms with E-state index in [1.165, 1.54) is 0 Å². The van der Waals surface area contributed by atoms with Crippen molar-refractivity contribution in [2.75, 3.05) is 0 Å².